The molecule has 0 aliphatic heterocycles. The number of aromatic nitrogens is 2. The molecule has 4 nitrogen and oxygen atoms in total. The Bertz CT molecular complexity index is 565. The number of hydrogen-bond donors (Lipinski definition) is 1. The third-order valence-electron chi connectivity index (χ3n) is 3.39. The molecule has 2 unspecified atom stereocenters. The zero-order valence-electron chi connectivity index (χ0n) is 12.1. The molecule has 1 aromatic heterocycles. The standard InChI is InChI=1S/C15H21ClN4/c1-11(17)15(13-6-4-5-7-14(13)16)19(2)9-12-8-18-20(3)10-12/h4-8,10-11,15H,9,17H2,1-3H3. The summed E-state index contributed by atoms with van der Waals surface area (Å²) in [5, 5.41) is 4.95. The van der Waals surface area contributed by atoms with Crippen LogP contribution < -0.4 is 5.73 Å². The van der Waals surface area contributed by atoms with Gasteiger partial charge in [-0.25, -0.2) is 0 Å². The summed E-state index contributed by atoms with van der Waals surface area (Å²) in [6.45, 7) is 2.79. The fourth-order valence-corrected chi connectivity index (χ4v) is 2.82. The molecule has 0 bridgehead atoms. The molecule has 2 aromatic rings. The lowest BCUT2D eigenvalue weighted by Crippen LogP contribution is -2.37. The van der Waals surface area contributed by atoms with Gasteiger partial charge in [-0.3, -0.25) is 9.58 Å². The van der Waals surface area contributed by atoms with E-state index in [1.54, 1.807) is 4.68 Å². The van der Waals surface area contributed by atoms with Crippen LogP contribution in [0.5, 0.6) is 0 Å². The Morgan fingerprint density at radius 1 is 1.40 bits per heavy atom. The normalized spacial score (nSPS) is 14.5. The third kappa shape index (κ3) is 3.39. The van der Waals surface area contributed by atoms with Gasteiger partial charge in [0.05, 0.1) is 12.2 Å². The van der Waals surface area contributed by atoms with Gasteiger partial charge in [0.15, 0.2) is 0 Å². The van der Waals surface area contributed by atoms with Gasteiger partial charge in [-0.05, 0) is 25.6 Å². The van der Waals surface area contributed by atoms with Crippen molar-refractivity contribution in [2.24, 2.45) is 12.8 Å². The highest BCUT2D eigenvalue weighted by molar-refractivity contribution is 6.31. The van der Waals surface area contributed by atoms with Crippen molar-refractivity contribution in [1.82, 2.24) is 14.7 Å². The molecular weight excluding hydrogens is 272 g/mol. The van der Waals surface area contributed by atoms with Gasteiger partial charge in [0.25, 0.3) is 0 Å². The Hall–Kier alpha value is -1.36. The molecule has 2 rings (SSSR count). The average Bonchev–Trinajstić information content (AvgIpc) is 2.77. The van der Waals surface area contributed by atoms with Crippen molar-refractivity contribution < 1.29 is 0 Å². The predicted molar refractivity (Wildman–Crippen MR) is 82.5 cm³/mol. The number of nitrogens with two attached hydrogens (primary N) is 1. The van der Waals surface area contributed by atoms with Crippen molar-refractivity contribution in [1.29, 1.82) is 0 Å². The van der Waals surface area contributed by atoms with Gasteiger partial charge in [0.2, 0.25) is 0 Å². The fourth-order valence-electron chi connectivity index (χ4n) is 2.58. The Kier molecular flexibility index (Phi) is 4.81. The number of rotatable bonds is 5. The van der Waals surface area contributed by atoms with Crippen molar-refractivity contribution in [3.05, 3.63) is 52.8 Å². The summed E-state index contributed by atoms with van der Waals surface area (Å²) in [7, 11) is 3.98. The molecule has 1 aromatic carbocycles. The van der Waals surface area contributed by atoms with Crippen LogP contribution in [0.4, 0.5) is 0 Å². The summed E-state index contributed by atoms with van der Waals surface area (Å²) >= 11 is 6.32. The van der Waals surface area contributed by atoms with Crippen LogP contribution in [-0.4, -0.2) is 27.8 Å². The van der Waals surface area contributed by atoms with E-state index < -0.39 is 0 Å². The topological polar surface area (TPSA) is 47.1 Å². The number of likely N-dealkylation sites (N-methyl/N-ethyl adjacent to an activating group) is 1. The molecular formula is C15H21ClN4. The zero-order valence-corrected chi connectivity index (χ0v) is 12.9. The van der Waals surface area contributed by atoms with E-state index >= 15 is 0 Å². The van der Waals surface area contributed by atoms with Crippen molar-refractivity contribution in [3.8, 4) is 0 Å². The maximum atomic E-state index is 6.32. The molecule has 108 valence electrons. The van der Waals surface area contributed by atoms with Crippen LogP contribution in [0.25, 0.3) is 0 Å². The van der Waals surface area contributed by atoms with Gasteiger partial charge < -0.3 is 5.73 Å². The largest absolute Gasteiger partial charge is 0.326 e. The Morgan fingerprint density at radius 3 is 2.65 bits per heavy atom. The molecule has 0 fully saturated rings. The lowest BCUT2D eigenvalue weighted by Gasteiger charge is -2.31. The number of halogens is 1. The van der Waals surface area contributed by atoms with E-state index in [0.29, 0.717) is 0 Å². The summed E-state index contributed by atoms with van der Waals surface area (Å²) < 4.78 is 1.81. The number of nitrogens with zero attached hydrogens (tertiary/aromatic N) is 3. The van der Waals surface area contributed by atoms with Gasteiger partial charge in [-0.15, -0.1) is 0 Å². The first-order valence-electron chi connectivity index (χ1n) is 6.67. The molecule has 0 saturated carbocycles. The number of aryl methyl sites for hydroxylation is 1. The number of hydrogen-bond acceptors (Lipinski definition) is 3. The lowest BCUT2D eigenvalue weighted by molar-refractivity contribution is 0.211. The van der Waals surface area contributed by atoms with E-state index in [2.05, 4.69) is 17.0 Å². The lowest BCUT2D eigenvalue weighted by atomic mass is 9.99. The second kappa shape index (κ2) is 6.39. The highest BCUT2D eigenvalue weighted by Gasteiger charge is 2.23. The first-order chi connectivity index (χ1) is 9.49. The molecule has 2 N–H and O–H groups in total. The van der Waals surface area contributed by atoms with Gasteiger partial charge in [0, 0.05) is 36.4 Å². The van der Waals surface area contributed by atoms with Crippen molar-refractivity contribution in [2.45, 2.75) is 25.6 Å². The smallest absolute Gasteiger partial charge is 0.0534 e. The van der Waals surface area contributed by atoms with Crippen LogP contribution in [0, 0.1) is 0 Å². The molecule has 0 spiro atoms. The van der Waals surface area contributed by atoms with Crippen molar-refractivity contribution >= 4 is 11.6 Å². The SMILES string of the molecule is CC(N)C(c1ccccc1Cl)N(C)Cc1cnn(C)c1. The molecule has 5 heteroatoms. The van der Waals surface area contributed by atoms with Gasteiger partial charge in [0.1, 0.15) is 0 Å². The Morgan fingerprint density at radius 2 is 2.10 bits per heavy atom. The molecule has 20 heavy (non-hydrogen) atoms. The Balaban J connectivity index is 2.22. The minimum absolute atomic E-state index is 0.0171. The van der Waals surface area contributed by atoms with Crippen LogP contribution in [0.15, 0.2) is 36.7 Å². The first kappa shape index (κ1) is 15.0. The second-order valence-electron chi connectivity index (χ2n) is 5.26. The molecule has 2 atom stereocenters. The minimum Gasteiger partial charge on any atom is -0.326 e. The molecule has 0 aliphatic rings. The van der Waals surface area contributed by atoms with E-state index in [0.717, 1.165) is 22.7 Å². The highest BCUT2D eigenvalue weighted by Crippen LogP contribution is 2.29. The van der Waals surface area contributed by atoms with Gasteiger partial charge >= 0.3 is 0 Å². The van der Waals surface area contributed by atoms with Crippen LogP contribution in [0.2, 0.25) is 5.02 Å². The molecule has 0 saturated heterocycles. The van der Waals surface area contributed by atoms with E-state index in [9.17, 15) is 0 Å². The van der Waals surface area contributed by atoms with Crippen LogP contribution in [-0.2, 0) is 13.6 Å². The quantitative estimate of drug-likeness (QED) is 0.921. The number of benzene rings is 1. The third-order valence-corrected chi connectivity index (χ3v) is 3.73. The molecule has 0 aliphatic carbocycles. The fraction of sp³-hybridized carbons (Fsp3) is 0.400. The zero-order chi connectivity index (χ0) is 14.7. The molecule has 0 amide bonds. The van der Waals surface area contributed by atoms with E-state index in [1.807, 2.05) is 50.6 Å². The maximum Gasteiger partial charge on any atom is 0.0534 e. The summed E-state index contributed by atoms with van der Waals surface area (Å²) in [6.07, 6.45) is 3.89. The average molecular weight is 293 g/mol. The monoisotopic (exact) mass is 292 g/mol. The second-order valence-corrected chi connectivity index (χ2v) is 5.67. The van der Waals surface area contributed by atoms with Gasteiger partial charge in [-0.1, -0.05) is 29.8 Å². The minimum atomic E-state index is -0.0171. The predicted octanol–water partition coefficient (Wildman–Crippen LogP) is 2.59. The van der Waals surface area contributed by atoms with Crippen LogP contribution in [0.1, 0.15) is 24.1 Å². The van der Waals surface area contributed by atoms with E-state index in [4.69, 9.17) is 17.3 Å². The maximum absolute atomic E-state index is 6.32. The van der Waals surface area contributed by atoms with E-state index in [1.165, 1.54) is 0 Å². The summed E-state index contributed by atoms with van der Waals surface area (Å²) in [5.41, 5.74) is 8.40. The van der Waals surface area contributed by atoms with Gasteiger partial charge in [-0.2, -0.15) is 5.10 Å². The molecule has 0 radical (unpaired) electrons. The van der Waals surface area contributed by atoms with E-state index in [-0.39, 0.29) is 12.1 Å². The summed E-state index contributed by atoms with van der Waals surface area (Å²) in [4.78, 5) is 2.21. The van der Waals surface area contributed by atoms with Crippen LogP contribution >= 0.6 is 11.6 Å². The van der Waals surface area contributed by atoms with Crippen LogP contribution in [0.3, 0.4) is 0 Å². The highest BCUT2D eigenvalue weighted by atomic mass is 35.5. The van der Waals surface area contributed by atoms with Crippen molar-refractivity contribution in [3.63, 3.8) is 0 Å². The summed E-state index contributed by atoms with van der Waals surface area (Å²) in [6, 6.07) is 7.93. The first-order valence-corrected chi connectivity index (χ1v) is 7.04. The Labute approximate surface area is 125 Å². The van der Waals surface area contributed by atoms with Crippen molar-refractivity contribution in [2.75, 3.05) is 7.05 Å². The molecule has 1 heterocycles. The summed E-state index contributed by atoms with van der Waals surface area (Å²) in [5.74, 6) is 0.